The Balaban J connectivity index is 1.80. The third-order valence-electron chi connectivity index (χ3n) is 4.72. The van der Waals surface area contributed by atoms with Gasteiger partial charge in [0.2, 0.25) is 0 Å². The lowest BCUT2D eigenvalue weighted by Gasteiger charge is -2.26. The Labute approximate surface area is 195 Å². The van der Waals surface area contributed by atoms with Gasteiger partial charge in [0, 0.05) is 38.2 Å². The fraction of sp³-hybridized carbons (Fsp3) is 0.217. The van der Waals surface area contributed by atoms with Crippen LogP contribution in [0.5, 0.6) is 0 Å². The molecule has 0 aliphatic heterocycles. The average molecular weight is 479 g/mol. The SMILES string of the molecule is CN(C)c1ccc(CN(Cc2ccccn2)C(=S)Nc2ccc(C(F)(F)F)c(Cl)c2)cc1. The lowest BCUT2D eigenvalue weighted by molar-refractivity contribution is -0.137. The van der Waals surface area contributed by atoms with Gasteiger partial charge >= 0.3 is 6.18 Å². The molecule has 0 spiro atoms. The number of alkyl halides is 3. The molecule has 9 heteroatoms. The Hall–Kier alpha value is -2.84. The monoisotopic (exact) mass is 478 g/mol. The predicted molar refractivity (Wildman–Crippen MR) is 127 cm³/mol. The summed E-state index contributed by atoms with van der Waals surface area (Å²) in [6.45, 7) is 0.918. The zero-order valence-electron chi connectivity index (χ0n) is 17.5. The van der Waals surface area contributed by atoms with Crippen molar-refractivity contribution in [1.29, 1.82) is 0 Å². The predicted octanol–water partition coefficient (Wildman–Crippen LogP) is 6.22. The number of benzene rings is 2. The molecule has 3 aromatic rings. The number of aromatic nitrogens is 1. The van der Waals surface area contributed by atoms with Crippen LogP contribution in [0, 0.1) is 0 Å². The second-order valence-electron chi connectivity index (χ2n) is 7.36. The molecule has 1 heterocycles. The van der Waals surface area contributed by atoms with Crippen molar-refractivity contribution in [2.45, 2.75) is 19.3 Å². The first kappa shape index (κ1) is 23.8. The van der Waals surface area contributed by atoms with E-state index in [0.29, 0.717) is 23.9 Å². The third kappa shape index (κ3) is 6.34. The van der Waals surface area contributed by atoms with Gasteiger partial charge in [0.15, 0.2) is 5.11 Å². The number of hydrogen-bond acceptors (Lipinski definition) is 3. The molecule has 0 aliphatic rings. The summed E-state index contributed by atoms with van der Waals surface area (Å²) in [4.78, 5) is 8.26. The number of pyridine rings is 1. The van der Waals surface area contributed by atoms with Gasteiger partial charge in [0.05, 0.1) is 22.8 Å². The number of thiocarbonyl (C=S) groups is 1. The van der Waals surface area contributed by atoms with E-state index >= 15 is 0 Å². The van der Waals surface area contributed by atoms with Crippen LogP contribution in [-0.4, -0.2) is 29.1 Å². The molecule has 32 heavy (non-hydrogen) atoms. The molecule has 0 fully saturated rings. The topological polar surface area (TPSA) is 31.4 Å². The standard InChI is InChI=1S/C23H22ClF3N4S/c1-30(2)19-9-6-16(7-10-19)14-31(15-18-5-3-4-12-28-18)22(32)29-17-8-11-20(21(24)13-17)23(25,26)27/h3-13H,14-15H2,1-2H3,(H,29,32). The van der Waals surface area contributed by atoms with E-state index < -0.39 is 11.7 Å². The van der Waals surface area contributed by atoms with Crippen LogP contribution in [0.3, 0.4) is 0 Å². The molecule has 0 aliphatic carbocycles. The lowest BCUT2D eigenvalue weighted by atomic mass is 10.2. The molecule has 1 N–H and O–H groups in total. The van der Waals surface area contributed by atoms with Gasteiger partial charge in [0.1, 0.15) is 0 Å². The minimum atomic E-state index is -4.51. The van der Waals surface area contributed by atoms with Crippen molar-refractivity contribution in [3.63, 3.8) is 0 Å². The summed E-state index contributed by atoms with van der Waals surface area (Å²) < 4.78 is 39.0. The van der Waals surface area contributed by atoms with Gasteiger partial charge in [0.25, 0.3) is 0 Å². The van der Waals surface area contributed by atoms with Gasteiger partial charge in [-0.05, 0) is 60.2 Å². The molecule has 0 amide bonds. The Kier molecular flexibility index (Phi) is 7.58. The van der Waals surface area contributed by atoms with Crippen LogP contribution in [0.4, 0.5) is 24.5 Å². The molecule has 0 atom stereocenters. The summed E-state index contributed by atoms with van der Waals surface area (Å²) in [5, 5.41) is 2.96. The van der Waals surface area contributed by atoms with Crippen LogP contribution >= 0.6 is 23.8 Å². The quantitative estimate of drug-likeness (QED) is 0.425. The van der Waals surface area contributed by atoms with E-state index in [0.717, 1.165) is 23.0 Å². The fourth-order valence-electron chi connectivity index (χ4n) is 3.03. The van der Waals surface area contributed by atoms with Crippen molar-refractivity contribution in [1.82, 2.24) is 9.88 Å². The molecule has 0 unspecified atom stereocenters. The van der Waals surface area contributed by atoms with Crippen molar-refractivity contribution < 1.29 is 13.2 Å². The Bertz CT molecular complexity index is 1060. The maximum atomic E-state index is 13.0. The number of halogens is 4. The van der Waals surface area contributed by atoms with Crippen LogP contribution in [0.1, 0.15) is 16.8 Å². The van der Waals surface area contributed by atoms with Crippen LogP contribution in [0.15, 0.2) is 66.9 Å². The largest absolute Gasteiger partial charge is 0.417 e. The lowest BCUT2D eigenvalue weighted by Crippen LogP contribution is -2.34. The molecule has 2 aromatic carbocycles. The van der Waals surface area contributed by atoms with Gasteiger partial charge in [-0.3, -0.25) is 4.98 Å². The smallest absolute Gasteiger partial charge is 0.378 e. The van der Waals surface area contributed by atoms with Gasteiger partial charge in [-0.25, -0.2) is 0 Å². The van der Waals surface area contributed by atoms with E-state index in [1.165, 1.54) is 12.1 Å². The molecule has 4 nitrogen and oxygen atoms in total. The maximum Gasteiger partial charge on any atom is 0.417 e. The molecule has 0 saturated heterocycles. The van der Waals surface area contributed by atoms with E-state index in [2.05, 4.69) is 10.3 Å². The Morgan fingerprint density at radius 1 is 1.03 bits per heavy atom. The second kappa shape index (κ2) is 10.2. The van der Waals surface area contributed by atoms with E-state index in [-0.39, 0.29) is 5.02 Å². The van der Waals surface area contributed by atoms with Gasteiger partial charge < -0.3 is 15.1 Å². The van der Waals surface area contributed by atoms with E-state index in [1.54, 1.807) is 6.20 Å². The summed E-state index contributed by atoms with van der Waals surface area (Å²) in [6, 6.07) is 17.1. The molecular weight excluding hydrogens is 457 g/mol. The summed E-state index contributed by atoms with van der Waals surface area (Å²) in [7, 11) is 3.94. The molecular formula is C23H22ClF3N4S. The summed E-state index contributed by atoms with van der Waals surface area (Å²) >= 11 is 11.4. The van der Waals surface area contributed by atoms with Crippen molar-refractivity contribution in [3.05, 3.63) is 88.7 Å². The molecule has 168 valence electrons. The van der Waals surface area contributed by atoms with Gasteiger partial charge in [-0.15, -0.1) is 0 Å². The first-order valence-corrected chi connectivity index (χ1v) is 10.5. The molecule has 0 saturated carbocycles. The second-order valence-corrected chi connectivity index (χ2v) is 8.15. The van der Waals surface area contributed by atoms with E-state index in [1.807, 2.05) is 66.4 Å². The highest BCUT2D eigenvalue weighted by Gasteiger charge is 2.33. The number of nitrogens with zero attached hydrogens (tertiary/aromatic N) is 3. The maximum absolute atomic E-state index is 13.0. The highest BCUT2D eigenvalue weighted by molar-refractivity contribution is 7.80. The number of hydrogen-bond donors (Lipinski definition) is 1. The molecule has 1 aromatic heterocycles. The number of anilines is 2. The van der Waals surface area contributed by atoms with Crippen LogP contribution in [0.25, 0.3) is 0 Å². The minimum absolute atomic E-state index is 0.350. The molecule has 3 rings (SSSR count). The summed E-state index contributed by atoms with van der Waals surface area (Å²) in [5.41, 5.74) is 2.40. The van der Waals surface area contributed by atoms with Gasteiger partial charge in [-0.1, -0.05) is 29.8 Å². The number of rotatable bonds is 6. The van der Waals surface area contributed by atoms with E-state index in [4.69, 9.17) is 23.8 Å². The highest BCUT2D eigenvalue weighted by atomic mass is 35.5. The molecule has 0 bridgehead atoms. The van der Waals surface area contributed by atoms with Crippen molar-refractivity contribution >= 4 is 40.3 Å². The fourth-order valence-corrected chi connectivity index (χ4v) is 3.57. The Morgan fingerprint density at radius 2 is 1.75 bits per heavy atom. The number of nitrogens with one attached hydrogen (secondary N) is 1. The minimum Gasteiger partial charge on any atom is -0.378 e. The van der Waals surface area contributed by atoms with E-state index in [9.17, 15) is 13.2 Å². The highest BCUT2D eigenvalue weighted by Crippen LogP contribution is 2.36. The van der Waals surface area contributed by atoms with Crippen molar-refractivity contribution in [2.75, 3.05) is 24.3 Å². The zero-order chi connectivity index (χ0) is 23.3. The average Bonchev–Trinajstić information content (AvgIpc) is 2.73. The first-order chi connectivity index (χ1) is 15.1. The summed E-state index contributed by atoms with van der Waals surface area (Å²) in [5.74, 6) is 0. The van der Waals surface area contributed by atoms with Crippen molar-refractivity contribution in [3.8, 4) is 0 Å². The van der Waals surface area contributed by atoms with Gasteiger partial charge in [-0.2, -0.15) is 13.2 Å². The molecule has 0 radical (unpaired) electrons. The normalized spacial score (nSPS) is 11.2. The Morgan fingerprint density at radius 3 is 2.31 bits per heavy atom. The van der Waals surface area contributed by atoms with Crippen LogP contribution < -0.4 is 10.2 Å². The zero-order valence-corrected chi connectivity index (χ0v) is 19.1. The van der Waals surface area contributed by atoms with Crippen LogP contribution in [-0.2, 0) is 19.3 Å². The first-order valence-electron chi connectivity index (χ1n) is 9.72. The van der Waals surface area contributed by atoms with Crippen LogP contribution in [0.2, 0.25) is 5.02 Å². The summed E-state index contributed by atoms with van der Waals surface area (Å²) in [6.07, 6.45) is -2.81. The third-order valence-corrected chi connectivity index (χ3v) is 5.39. The van der Waals surface area contributed by atoms with Crippen molar-refractivity contribution in [2.24, 2.45) is 0 Å².